The molecule has 3 aromatic carbocycles. The fourth-order valence-corrected chi connectivity index (χ4v) is 9.23. The smallest absolute Gasteiger partial charge is 0.0397 e. The van der Waals surface area contributed by atoms with Crippen molar-refractivity contribution in [1.29, 1.82) is 0 Å². The molecule has 0 fully saturated rings. The van der Waals surface area contributed by atoms with Crippen LogP contribution in [-0.4, -0.2) is 4.57 Å². The molecule has 3 aromatic rings. The Labute approximate surface area is 141 Å². The first kappa shape index (κ1) is 15.5. The highest BCUT2D eigenvalue weighted by molar-refractivity contribution is 9.11. The summed E-state index contributed by atoms with van der Waals surface area (Å²) in [7, 11) is -1.71. The SMILES string of the molecule is CC(Br)[P](c1ccccc1)(c1ccccc1)c1ccccc1. The summed E-state index contributed by atoms with van der Waals surface area (Å²) >= 11 is 3.96. The van der Waals surface area contributed by atoms with E-state index in [9.17, 15) is 0 Å². The van der Waals surface area contributed by atoms with Crippen molar-refractivity contribution in [3.05, 3.63) is 91.0 Å². The Balaban J connectivity index is 2.34. The van der Waals surface area contributed by atoms with Crippen molar-refractivity contribution in [2.75, 3.05) is 0 Å². The fraction of sp³-hybridized carbons (Fsp3) is 0.100. The number of rotatable bonds is 4. The van der Waals surface area contributed by atoms with Crippen molar-refractivity contribution in [1.82, 2.24) is 0 Å². The van der Waals surface area contributed by atoms with Gasteiger partial charge in [-0.05, 0) is 30.1 Å². The lowest BCUT2D eigenvalue weighted by atomic mass is 10.4. The van der Waals surface area contributed by atoms with Crippen LogP contribution in [0.25, 0.3) is 0 Å². The summed E-state index contributed by atoms with van der Waals surface area (Å²) in [6, 6.07) is 32.8. The highest BCUT2D eigenvalue weighted by atomic mass is 79.9. The summed E-state index contributed by atoms with van der Waals surface area (Å²) in [6.07, 6.45) is 0. The number of halogens is 1. The van der Waals surface area contributed by atoms with E-state index in [0.717, 1.165) is 0 Å². The van der Waals surface area contributed by atoms with Crippen LogP contribution < -0.4 is 15.9 Å². The van der Waals surface area contributed by atoms with Gasteiger partial charge in [-0.1, -0.05) is 107 Å². The van der Waals surface area contributed by atoms with Crippen molar-refractivity contribution >= 4 is 39.1 Å². The van der Waals surface area contributed by atoms with Gasteiger partial charge in [-0.15, -0.1) is 0 Å². The summed E-state index contributed by atoms with van der Waals surface area (Å²) in [5.41, 5.74) is 0. The van der Waals surface area contributed by atoms with Crippen molar-refractivity contribution in [2.45, 2.75) is 11.5 Å². The maximum absolute atomic E-state index is 3.96. The Kier molecular flexibility index (Phi) is 4.76. The molecule has 0 N–H and O–H groups in total. The van der Waals surface area contributed by atoms with Gasteiger partial charge in [0, 0.05) is 4.57 Å². The van der Waals surface area contributed by atoms with E-state index in [-0.39, 0.29) is 0 Å². The van der Waals surface area contributed by atoms with E-state index in [2.05, 4.69) is 114 Å². The molecule has 0 aliphatic carbocycles. The Morgan fingerprint density at radius 1 is 0.591 bits per heavy atom. The minimum atomic E-state index is -1.71. The van der Waals surface area contributed by atoms with Gasteiger partial charge in [0.15, 0.2) is 0 Å². The van der Waals surface area contributed by atoms with Crippen LogP contribution in [0, 0.1) is 0 Å². The van der Waals surface area contributed by atoms with Crippen molar-refractivity contribution in [2.24, 2.45) is 0 Å². The van der Waals surface area contributed by atoms with E-state index in [0.29, 0.717) is 4.57 Å². The van der Waals surface area contributed by atoms with Gasteiger partial charge < -0.3 is 0 Å². The normalized spacial score (nSPS) is 12.8. The van der Waals surface area contributed by atoms with E-state index in [1.54, 1.807) is 0 Å². The molecule has 0 amide bonds. The molecular formula is C20H19BrP. The summed E-state index contributed by atoms with van der Waals surface area (Å²) < 4.78 is 0.368. The molecule has 1 atom stereocenters. The molecule has 22 heavy (non-hydrogen) atoms. The molecule has 0 aliphatic rings. The third-order valence-corrected chi connectivity index (χ3v) is 10.3. The predicted octanol–water partition coefficient (Wildman–Crippen LogP) is 4.72. The topological polar surface area (TPSA) is 0 Å². The first-order chi connectivity index (χ1) is 10.8. The Morgan fingerprint density at radius 3 is 1.09 bits per heavy atom. The molecule has 1 radical (unpaired) electrons. The summed E-state index contributed by atoms with van der Waals surface area (Å²) in [5.74, 6) is 0. The number of hydrogen-bond donors (Lipinski definition) is 0. The zero-order valence-electron chi connectivity index (χ0n) is 12.6. The molecule has 1 unspecified atom stereocenters. The van der Waals surface area contributed by atoms with Crippen LogP contribution in [0.2, 0.25) is 0 Å². The lowest BCUT2D eigenvalue weighted by Crippen LogP contribution is -2.35. The van der Waals surface area contributed by atoms with Crippen LogP contribution >= 0.6 is 23.2 Å². The second kappa shape index (κ2) is 6.77. The van der Waals surface area contributed by atoms with Gasteiger partial charge in [0.1, 0.15) is 0 Å². The van der Waals surface area contributed by atoms with Gasteiger partial charge in [-0.3, -0.25) is 0 Å². The van der Waals surface area contributed by atoms with Gasteiger partial charge >= 0.3 is 0 Å². The van der Waals surface area contributed by atoms with Gasteiger partial charge in [-0.2, -0.15) is 0 Å². The largest absolute Gasteiger partial charge is 0.0836 e. The Morgan fingerprint density at radius 2 is 0.864 bits per heavy atom. The van der Waals surface area contributed by atoms with Gasteiger partial charge in [0.2, 0.25) is 0 Å². The molecule has 0 saturated carbocycles. The lowest BCUT2D eigenvalue weighted by molar-refractivity contribution is 1.41. The zero-order valence-corrected chi connectivity index (χ0v) is 15.0. The number of alkyl halides is 1. The molecule has 0 aromatic heterocycles. The van der Waals surface area contributed by atoms with Crippen molar-refractivity contribution in [3.63, 3.8) is 0 Å². The molecule has 2 heteroatoms. The number of benzene rings is 3. The Bertz CT molecular complexity index is 612. The van der Waals surface area contributed by atoms with E-state index in [1.165, 1.54) is 15.9 Å². The maximum Gasteiger partial charge on any atom is 0.0397 e. The highest BCUT2D eigenvalue weighted by Crippen LogP contribution is 2.61. The second-order valence-corrected chi connectivity index (χ2v) is 11.2. The standard InChI is InChI=1S/C20H19BrP/c1-17(21)22(18-11-5-2-6-12-18,19-13-7-3-8-14-19)20-15-9-4-10-16-20/h2-17H,1H3. The highest BCUT2D eigenvalue weighted by Gasteiger charge is 2.37. The Hall–Kier alpha value is -1.43. The van der Waals surface area contributed by atoms with E-state index in [4.69, 9.17) is 0 Å². The minimum Gasteiger partial charge on any atom is -0.0836 e. The van der Waals surface area contributed by atoms with Crippen LogP contribution in [0.3, 0.4) is 0 Å². The predicted molar refractivity (Wildman–Crippen MR) is 104 cm³/mol. The van der Waals surface area contributed by atoms with Crippen LogP contribution in [0.5, 0.6) is 0 Å². The van der Waals surface area contributed by atoms with E-state index in [1.807, 2.05) is 0 Å². The minimum absolute atomic E-state index is 0.368. The summed E-state index contributed by atoms with van der Waals surface area (Å²) in [6.45, 7) is 2.28. The van der Waals surface area contributed by atoms with Crippen LogP contribution in [0.15, 0.2) is 91.0 Å². The first-order valence-corrected chi connectivity index (χ1v) is 10.2. The third-order valence-electron chi connectivity index (χ3n) is 4.02. The fourth-order valence-electron chi connectivity index (χ4n) is 3.05. The quantitative estimate of drug-likeness (QED) is 0.461. The maximum atomic E-state index is 3.96. The molecule has 0 saturated heterocycles. The molecule has 111 valence electrons. The molecular weight excluding hydrogens is 351 g/mol. The zero-order chi connectivity index (χ0) is 15.4. The van der Waals surface area contributed by atoms with Crippen LogP contribution in [-0.2, 0) is 0 Å². The van der Waals surface area contributed by atoms with Crippen LogP contribution in [0.1, 0.15) is 6.92 Å². The average molecular weight is 370 g/mol. The summed E-state index contributed by atoms with van der Waals surface area (Å²) in [4.78, 5) is 0. The van der Waals surface area contributed by atoms with Gasteiger partial charge in [0.05, 0.1) is 0 Å². The molecule has 0 aliphatic heterocycles. The van der Waals surface area contributed by atoms with Crippen molar-refractivity contribution < 1.29 is 0 Å². The third kappa shape index (κ3) is 2.64. The molecule has 0 spiro atoms. The molecule has 3 rings (SSSR count). The van der Waals surface area contributed by atoms with E-state index >= 15 is 0 Å². The van der Waals surface area contributed by atoms with Crippen LogP contribution in [0.4, 0.5) is 0 Å². The number of hydrogen-bond acceptors (Lipinski definition) is 0. The van der Waals surface area contributed by atoms with Crippen molar-refractivity contribution in [3.8, 4) is 0 Å². The first-order valence-electron chi connectivity index (χ1n) is 7.46. The molecule has 0 nitrogen and oxygen atoms in total. The summed E-state index contributed by atoms with van der Waals surface area (Å²) in [5, 5.41) is 4.24. The molecule has 0 heterocycles. The average Bonchev–Trinajstić information content (AvgIpc) is 2.58. The second-order valence-electron chi connectivity index (χ2n) is 5.30. The monoisotopic (exact) mass is 369 g/mol. The van der Waals surface area contributed by atoms with E-state index < -0.39 is 7.26 Å². The van der Waals surface area contributed by atoms with Gasteiger partial charge in [-0.25, -0.2) is 0 Å². The van der Waals surface area contributed by atoms with Gasteiger partial charge in [0.25, 0.3) is 0 Å². The lowest BCUT2D eigenvalue weighted by Gasteiger charge is -2.41. The molecule has 0 bridgehead atoms.